The minimum atomic E-state index is -1.04. The second-order valence-corrected chi connectivity index (χ2v) is 7.12. The molecule has 7 heteroatoms. The van der Waals surface area contributed by atoms with Gasteiger partial charge in [-0.15, -0.1) is 0 Å². The van der Waals surface area contributed by atoms with Gasteiger partial charge in [0, 0.05) is 53.4 Å². The number of amides is 1. The monoisotopic (exact) mass is 333 g/mol. The predicted octanol–water partition coefficient (Wildman–Crippen LogP) is 2.14. The minimum Gasteiger partial charge on any atom is -0.340 e. The zero-order valence-corrected chi connectivity index (χ0v) is 14.0. The van der Waals surface area contributed by atoms with E-state index in [1.54, 1.807) is 37.4 Å². The van der Waals surface area contributed by atoms with Crippen LogP contribution in [0.25, 0.3) is 0 Å². The predicted molar refractivity (Wildman–Crippen MR) is 85.7 cm³/mol. The molecule has 1 aromatic carbocycles. The van der Waals surface area contributed by atoms with Gasteiger partial charge in [-0.1, -0.05) is 5.16 Å². The van der Waals surface area contributed by atoms with Crippen LogP contribution in [-0.2, 0) is 10.8 Å². The molecule has 0 bridgehead atoms. The highest BCUT2D eigenvalue weighted by Gasteiger charge is 2.28. The number of aromatic nitrogens is 2. The Labute approximate surface area is 137 Å². The number of carbonyl (C=O) groups is 1. The number of benzene rings is 1. The Bertz CT molecular complexity index is 726. The molecule has 0 aliphatic carbocycles. The third-order valence-corrected chi connectivity index (χ3v) is 4.99. The molecule has 0 radical (unpaired) electrons. The fourth-order valence-electron chi connectivity index (χ4n) is 2.82. The Kier molecular flexibility index (Phi) is 4.56. The van der Waals surface area contributed by atoms with Gasteiger partial charge in [0.05, 0.1) is 0 Å². The van der Waals surface area contributed by atoms with Crippen LogP contribution in [0.2, 0.25) is 0 Å². The lowest BCUT2D eigenvalue weighted by atomic mass is 9.96. The maximum atomic E-state index is 12.6. The summed E-state index contributed by atoms with van der Waals surface area (Å²) in [4.78, 5) is 19.5. The van der Waals surface area contributed by atoms with Crippen LogP contribution in [0, 0.1) is 6.92 Å². The molecule has 6 nitrogen and oxygen atoms in total. The second-order valence-electron chi connectivity index (χ2n) is 5.74. The molecule has 1 aromatic heterocycles. The Morgan fingerprint density at radius 1 is 1.35 bits per heavy atom. The van der Waals surface area contributed by atoms with Crippen molar-refractivity contribution in [1.82, 2.24) is 15.0 Å². The van der Waals surface area contributed by atoms with Crippen molar-refractivity contribution in [2.75, 3.05) is 19.3 Å². The van der Waals surface area contributed by atoms with Gasteiger partial charge in [-0.05, 0) is 37.1 Å². The first-order valence-electron chi connectivity index (χ1n) is 7.57. The number of likely N-dealkylation sites (tertiary alicyclic amines) is 1. The lowest BCUT2D eigenvalue weighted by Crippen LogP contribution is -2.39. The van der Waals surface area contributed by atoms with Crippen molar-refractivity contribution in [2.24, 2.45) is 0 Å². The average molecular weight is 333 g/mol. The first kappa shape index (κ1) is 15.9. The number of nitrogens with zero attached hydrogens (tertiary/aromatic N) is 3. The Balaban J connectivity index is 1.72. The molecule has 2 heterocycles. The molecule has 1 amide bonds. The van der Waals surface area contributed by atoms with Gasteiger partial charge in [0.1, 0.15) is 0 Å². The van der Waals surface area contributed by atoms with E-state index in [1.165, 1.54) is 0 Å². The summed E-state index contributed by atoms with van der Waals surface area (Å²) in [6, 6.07) is 6.96. The van der Waals surface area contributed by atoms with E-state index < -0.39 is 10.8 Å². The van der Waals surface area contributed by atoms with Gasteiger partial charge in [0.2, 0.25) is 5.89 Å². The van der Waals surface area contributed by atoms with Crippen LogP contribution in [-0.4, -0.2) is 44.5 Å². The van der Waals surface area contributed by atoms with Crippen molar-refractivity contribution < 1.29 is 13.5 Å². The van der Waals surface area contributed by atoms with Crippen molar-refractivity contribution in [3.8, 4) is 0 Å². The van der Waals surface area contributed by atoms with Gasteiger partial charge in [0.25, 0.3) is 5.91 Å². The van der Waals surface area contributed by atoms with Gasteiger partial charge in [-0.2, -0.15) is 4.98 Å². The zero-order chi connectivity index (χ0) is 16.4. The highest BCUT2D eigenvalue weighted by Crippen LogP contribution is 2.26. The Morgan fingerprint density at radius 3 is 2.70 bits per heavy atom. The molecule has 2 atom stereocenters. The molecule has 1 fully saturated rings. The quantitative estimate of drug-likeness (QED) is 0.860. The smallest absolute Gasteiger partial charge is 0.253 e. The molecule has 1 aliphatic rings. The maximum Gasteiger partial charge on any atom is 0.253 e. The molecule has 23 heavy (non-hydrogen) atoms. The Hall–Kier alpha value is -2.02. The van der Waals surface area contributed by atoms with Crippen molar-refractivity contribution in [2.45, 2.75) is 30.6 Å². The van der Waals surface area contributed by atoms with Crippen LogP contribution in [0.3, 0.4) is 0 Å². The summed E-state index contributed by atoms with van der Waals surface area (Å²) in [6.07, 6.45) is 3.50. The lowest BCUT2D eigenvalue weighted by Gasteiger charge is -2.31. The number of rotatable bonds is 3. The lowest BCUT2D eigenvalue weighted by molar-refractivity contribution is 0.0703. The van der Waals surface area contributed by atoms with E-state index in [4.69, 9.17) is 4.52 Å². The number of piperidine rings is 1. The van der Waals surface area contributed by atoms with Gasteiger partial charge >= 0.3 is 0 Å². The molecule has 2 aromatic rings. The Morgan fingerprint density at radius 2 is 2.09 bits per heavy atom. The van der Waals surface area contributed by atoms with Crippen LogP contribution >= 0.6 is 0 Å². The molecule has 122 valence electrons. The third-order valence-electron chi connectivity index (χ3n) is 4.05. The van der Waals surface area contributed by atoms with Crippen LogP contribution in [0.1, 0.15) is 40.8 Å². The number of hydrogen-bond acceptors (Lipinski definition) is 5. The summed E-state index contributed by atoms with van der Waals surface area (Å²) in [7, 11) is -1.04. The summed E-state index contributed by atoms with van der Waals surface area (Å²) >= 11 is 0. The van der Waals surface area contributed by atoms with Gasteiger partial charge < -0.3 is 9.42 Å². The summed E-state index contributed by atoms with van der Waals surface area (Å²) in [6.45, 7) is 3.09. The van der Waals surface area contributed by atoms with E-state index in [9.17, 15) is 9.00 Å². The number of hydrogen-bond donors (Lipinski definition) is 0. The normalized spacial score (nSPS) is 19.6. The zero-order valence-electron chi connectivity index (χ0n) is 13.2. The standard InChI is InChI=1S/C16H19N3O3S/c1-11-17-15(18-22-11)13-4-3-9-19(10-13)16(20)12-5-7-14(8-6-12)23(2)21/h5-8,13H,3-4,9-10H2,1-2H3/t13-,23+/m0/s1. The topological polar surface area (TPSA) is 76.3 Å². The highest BCUT2D eigenvalue weighted by atomic mass is 32.2. The molecule has 0 unspecified atom stereocenters. The minimum absolute atomic E-state index is 0.0108. The summed E-state index contributed by atoms with van der Waals surface area (Å²) in [5, 5.41) is 3.98. The van der Waals surface area contributed by atoms with Gasteiger partial charge in [0.15, 0.2) is 5.82 Å². The van der Waals surface area contributed by atoms with Crippen molar-refractivity contribution >= 4 is 16.7 Å². The first-order valence-corrected chi connectivity index (χ1v) is 9.13. The van der Waals surface area contributed by atoms with Crippen molar-refractivity contribution in [1.29, 1.82) is 0 Å². The molecule has 3 rings (SSSR count). The fraction of sp³-hybridized carbons (Fsp3) is 0.438. The summed E-state index contributed by atoms with van der Waals surface area (Å²) < 4.78 is 16.5. The molecule has 1 aliphatic heterocycles. The van der Waals surface area contributed by atoms with E-state index in [1.807, 2.05) is 4.90 Å². The average Bonchev–Trinajstić information content (AvgIpc) is 3.01. The molecule has 0 spiro atoms. The summed E-state index contributed by atoms with van der Waals surface area (Å²) in [5.41, 5.74) is 0.615. The molecule has 1 saturated heterocycles. The number of carbonyl (C=O) groups excluding carboxylic acids is 1. The molecule has 0 N–H and O–H groups in total. The van der Waals surface area contributed by atoms with Crippen LogP contribution < -0.4 is 0 Å². The van der Waals surface area contributed by atoms with E-state index in [-0.39, 0.29) is 11.8 Å². The van der Waals surface area contributed by atoms with E-state index >= 15 is 0 Å². The van der Waals surface area contributed by atoms with Crippen molar-refractivity contribution in [3.63, 3.8) is 0 Å². The van der Waals surface area contributed by atoms with Crippen LogP contribution in [0.15, 0.2) is 33.7 Å². The second kappa shape index (κ2) is 6.62. The number of aryl methyl sites for hydroxylation is 1. The maximum absolute atomic E-state index is 12.6. The highest BCUT2D eigenvalue weighted by molar-refractivity contribution is 7.84. The summed E-state index contributed by atoms with van der Waals surface area (Å²) in [5.74, 6) is 1.33. The molecular formula is C16H19N3O3S. The third kappa shape index (κ3) is 3.50. The molecular weight excluding hydrogens is 314 g/mol. The van der Waals surface area contributed by atoms with E-state index in [0.29, 0.717) is 23.8 Å². The molecule has 0 saturated carbocycles. The van der Waals surface area contributed by atoms with Crippen LogP contribution in [0.4, 0.5) is 0 Å². The first-order chi connectivity index (χ1) is 11.0. The SMILES string of the molecule is Cc1nc([C@H]2CCCN(C(=O)c3ccc([S@@](C)=O)cc3)C2)no1. The van der Waals surface area contributed by atoms with Crippen LogP contribution in [0.5, 0.6) is 0 Å². The van der Waals surface area contributed by atoms with Crippen molar-refractivity contribution in [3.05, 3.63) is 41.5 Å². The van der Waals surface area contributed by atoms with Gasteiger partial charge in [-0.3, -0.25) is 9.00 Å². The van der Waals surface area contributed by atoms with E-state index in [2.05, 4.69) is 10.1 Å². The largest absolute Gasteiger partial charge is 0.340 e. The van der Waals surface area contributed by atoms with E-state index in [0.717, 1.165) is 24.3 Å². The van der Waals surface area contributed by atoms with Gasteiger partial charge in [-0.25, -0.2) is 0 Å². The fourth-order valence-corrected chi connectivity index (χ4v) is 3.34.